The second kappa shape index (κ2) is 7.58. The van der Waals surface area contributed by atoms with E-state index in [-0.39, 0.29) is 12.1 Å². The average molecular weight is 363 g/mol. The second-order valence-electron chi connectivity index (χ2n) is 6.40. The van der Waals surface area contributed by atoms with Crippen molar-refractivity contribution < 1.29 is 4.79 Å². The minimum absolute atomic E-state index is 0.0293. The molecule has 1 saturated heterocycles. The van der Waals surface area contributed by atoms with Gasteiger partial charge in [0, 0.05) is 27.0 Å². The van der Waals surface area contributed by atoms with Crippen LogP contribution in [0.5, 0.6) is 0 Å². The Hall–Kier alpha value is -1.52. The summed E-state index contributed by atoms with van der Waals surface area (Å²) in [7, 11) is 0. The van der Waals surface area contributed by atoms with Crippen LogP contribution in [0.25, 0.3) is 0 Å². The zero-order chi connectivity index (χ0) is 17.1. The number of benzene rings is 1. The molecule has 0 saturated carbocycles. The molecule has 128 valence electrons. The Labute approximate surface area is 152 Å². The fourth-order valence-electron chi connectivity index (χ4n) is 3.20. The second-order valence-corrected chi connectivity index (χ2v) is 8.15. The van der Waals surface area contributed by atoms with E-state index in [0.717, 1.165) is 30.6 Å². The quantitative estimate of drug-likeness (QED) is 0.680. The number of hydrogen-bond acceptors (Lipinski definition) is 2. The summed E-state index contributed by atoms with van der Waals surface area (Å²) in [6.07, 6.45) is 4.44. The molecule has 2 heterocycles. The third-order valence-electron chi connectivity index (χ3n) is 4.54. The van der Waals surface area contributed by atoms with Crippen molar-refractivity contribution >= 4 is 34.7 Å². The lowest BCUT2D eigenvalue weighted by Crippen LogP contribution is -2.37. The third-order valence-corrected chi connectivity index (χ3v) is 5.88. The number of anilines is 1. The molecule has 2 amide bonds. The predicted molar refractivity (Wildman–Crippen MR) is 102 cm³/mol. The molecule has 1 fully saturated rings. The highest BCUT2D eigenvalue weighted by atomic mass is 35.5. The summed E-state index contributed by atoms with van der Waals surface area (Å²) in [5.74, 6) is 0. The van der Waals surface area contributed by atoms with Crippen LogP contribution >= 0.6 is 22.9 Å². The molecule has 0 unspecified atom stereocenters. The fourth-order valence-corrected chi connectivity index (χ4v) is 4.39. The zero-order valence-corrected chi connectivity index (χ0v) is 15.7. The molecule has 1 aromatic heterocycles. The van der Waals surface area contributed by atoms with Gasteiger partial charge in [-0.25, -0.2) is 4.79 Å². The van der Waals surface area contributed by atoms with Gasteiger partial charge in [-0.15, -0.1) is 11.3 Å². The molecule has 3 nitrogen and oxygen atoms in total. The predicted octanol–water partition coefficient (Wildman–Crippen LogP) is 6.17. The van der Waals surface area contributed by atoms with Crippen molar-refractivity contribution in [3.8, 4) is 0 Å². The number of urea groups is 1. The summed E-state index contributed by atoms with van der Waals surface area (Å²) < 4.78 is 0. The minimum Gasteiger partial charge on any atom is -0.317 e. The van der Waals surface area contributed by atoms with Gasteiger partial charge in [0.2, 0.25) is 0 Å². The van der Waals surface area contributed by atoms with Crippen molar-refractivity contribution in [2.75, 3.05) is 11.9 Å². The first-order valence-corrected chi connectivity index (χ1v) is 9.64. The van der Waals surface area contributed by atoms with Crippen molar-refractivity contribution in [1.82, 2.24) is 4.90 Å². The number of likely N-dealkylation sites (tertiary alicyclic amines) is 1. The monoisotopic (exact) mass is 362 g/mol. The van der Waals surface area contributed by atoms with Gasteiger partial charge >= 0.3 is 6.03 Å². The summed E-state index contributed by atoms with van der Waals surface area (Å²) in [4.78, 5) is 17.5. The molecule has 0 aliphatic carbocycles. The number of hydrogen-bond donors (Lipinski definition) is 1. The molecule has 1 atom stereocenters. The minimum atomic E-state index is -0.0293. The molecule has 1 aliphatic heterocycles. The highest BCUT2D eigenvalue weighted by Gasteiger charge is 2.28. The lowest BCUT2D eigenvalue weighted by atomic mass is 10.1. The first-order valence-electron chi connectivity index (χ1n) is 8.45. The highest BCUT2D eigenvalue weighted by molar-refractivity contribution is 7.12. The number of nitrogens with one attached hydrogen (secondary N) is 1. The van der Waals surface area contributed by atoms with Crippen LogP contribution in [0.15, 0.2) is 30.3 Å². The van der Waals surface area contributed by atoms with Gasteiger partial charge in [0.25, 0.3) is 0 Å². The van der Waals surface area contributed by atoms with Gasteiger partial charge in [-0.2, -0.15) is 0 Å². The largest absolute Gasteiger partial charge is 0.322 e. The molecular weight excluding hydrogens is 340 g/mol. The van der Waals surface area contributed by atoms with Crippen molar-refractivity contribution in [3.05, 3.63) is 50.7 Å². The highest BCUT2D eigenvalue weighted by Crippen LogP contribution is 2.34. The van der Waals surface area contributed by atoms with E-state index in [1.807, 2.05) is 30.0 Å². The third kappa shape index (κ3) is 3.93. The Balaban J connectivity index is 1.83. The number of carbonyl (C=O) groups excluding carboxylic acids is 1. The van der Waals surface area contributed by atoms with Crippen molar-refractivity contribution in [2.24, 2.45) is 0 Å². The molecule has 24 heavy (non-hydrogen) atoms. The number of thiophene rings is 1. The molecular formula is C19H23ClN2OS. The SMILES string of the molecule is Cc1ccc([C@H]2CCCCCN2C(=O)Nc2cc(Cl)ccc2C)s1. The number of amides is 2. The topological polar surface area (TPSA) is 32.3 Å². The molecule has 5 heteroatoms. The molecule has 3 rings (SSSR count). The summed E-state index contributed by atoms with van der Waals surface area (Å²) in [5, 5.41) is 3.70. The van der Waals surface area contributed by atoms with E-state index in [1.165, 1.54) is 22.6 Å². The van der Waals surface area contributed by atoms with E-state index in [2.05, 4.69) is 24.4 Å². The maximum absolute atomic E-state index is 13.0. The van der Waals surface area contributed by atoms with Crippen molar-refractivity contribution in [2.45, 2.75) is 45.6 Å². The molecule has 2 aromatic rings. The standard InChI is InChI=1S/C19H23ClN2OS/c1-13-7-9-15(20)12-16(13)21-19(23)22-11-5-3-4-6-17(22)18-10-8-14(2)24-18/h7-10,12,17H,3-6,11H2,1-2H3,(H,21,23)/t17-/m1/s1. The maximum atomic E-state index is 13.0. The molecule has 0 spiro atoms. The Morgan fingerprint density at radius 2 is 2.04 bits per heavy atom. The lowest BCUT2D eigenvalue weighted by molar-refractivity contribution is 0.190. The van der Waals surface area contributed by atoms with E-state index in [9.17, 15) is 4.79 Å². The first-order chi connectivity index (χ1) is 11.5. The van der Waals surface area contributed by atoms with Crippen LogP contribution in [0, 0.1) is 13.8 Å². The average Bonchev–Trinajstić information content (AvgIpc) is 2.83. The van der Waals surface area contributed by atoms with Crippen LogP contribution < -0.4 is 5.32 Å². The van der Waals surface area contributed by atoms with Gasteiger partial charge in [0.15, 0.2) is 0 Å². The fraction of sp³-hybridized carbons (Fsp3) is 0.421. The Kier molecular flexibility index (Phi) is 5.47. The maximum Gasteiger partial charge on any atom is 0.322 e. The summed E-state index contributed by atoms with van der Waals surface area (Å²) in [6, 6.07) is 10.0. The van der Waals surface area contributed by atoms with Gasteiger partial charge in [0.1, 0.15) is 0 Å². The molecule has 1 N–H and O–H groups in total. The van der Waals surface area contributed by atoms with Crippen LogP contribution in [0.3, 0.4) is 0 Å². The molecule has 1 aromatic carbocycles. The number of halogens is 1. The first kappa shape index (κ1) is 17.3. The summed E-state index contributed by atoms with van der Waals surface area (Å²) in [5.41, 5.74) is 1.81. The van der Waals surface area contributed by atoms with Gasteiger partial charge in [0.05, 0.1) is 6.04 Å². The zero-order valence-electron chi connectivity index (χ0n) is 14.1. The summed E-state index contributed by atoms with van der Waals surface area (Å²) in [6.45, 7) is 4.89. The number of carbonyl (C=O) groups is 1. The van der Waals surface area contributed by atoms with Crippen LogP contribution in [-0.2, 0) is 0 Å². The van der Waals surface area contributed by atoms with E-state index >= 15 is 0 Å². The van der Waals surface area contributed by atoms with Crippen LogP contribution in [0.4, 0.5) is 10.5 Å². The molecule has 1 aliphatic rings. The number of rotatable bonds is 2. The Morgan fingerprint density at radius 3 is 2.79 bits per heavy atom. The van der Waals surface area contributed by atoms with Crippen molar-refractivity contribution in [1.29, 1.82) is 0 Å². The molecule has 0 radical (unpaired) electrons. The van der Waals surface area contributed by atoms with E-state index in [4.69, 9.17) is 11.6 Å². The molecule has 0 bridgehead atoms. The number of aryl methyl sites for hydroxylation is 2. The summed E-state index contributed by atoms with van der Waals surface area (Å²) >= 11 is 7.87. The van der Waals surface area contributed by atoms with Crippen LogP contribution in [0.2, 0.25) is 5.02 Å². The van der Waals surface area contributed by atoms with Gasteiger partial charge in [-0.05, 0) is 56.5 Å². The number of nitrogens with zero attached hydrogens (tertiary/aromatic N) is 1. The lowest BCUT2D eigenvalue weighted by Gasteiger charge is -2.30. The van der Waals surface area contributed by atoms with Gasteiger partial charge < -0.3 is 10.2 Å². The van der Waals surface area contributed by atoms with Crippen molar-refractivity contribution in [3.63, 3.8) is 0 Å². The van der Waals surface area contributed by atoms with Gasteiger partial charge in [-0.1, -0.05) is 30.5 Å². The van der Waals surface area contributed by atoms with E-state index < -0.39 is 0 Å². The van der Waals surface area contributed by atoms with Crippen LogP contribution in [-0.4, -0.2) is 17.5 Å². The van der Waals surface area contributed by atoms with Gasteiger partial charge in [-0.3, -0.25) is 0 Å². The smallest absolute Gasteiger partial charge is 0.317 e. The Bertz CT molecular complexity index is 728. The normalized spacial score (nSPS) is 18.3. The van der Waals surface area contributed by atoms with E-state index in [1.54, 1.807) is 11.3 Å². The Morgan fingerprint density at radius 1 is 1.21 bits per heavy atom. The van der Waals surface area contributed by atoms with E-state index in [0.29, 0.717) is 5.02 Å². The van der Waals surface area contributed by atoms with Crippen LogP contribution in [0.1, 0.15) is 47.0 Å².